The van der Waals surface area contributed by atoms with E-state index in [1.807, 2.05) is 20.8 Å². The number of allylic oxidation sites excluding steroid dienone is 2. The lowest BCUT2D eigenvalue weighted by molar-refractivity contribution is -0.148. The highest BCUT2D eigenvalue weighted by Crippen LogP contribution is 2.57. The monoisotopic (exact) mass is 428 g/mol. The van der Waals surface area contributed by atoms with Crippen LogP contribution in [0.4, 0.5) is 5.69 Å². The summed E-state index contributed by atoms with van der Waals surface area (Å²) in [6.45, 7) is 6.47. The van der Waals surface area contributed by atoms with Gasteiger partial charge < -0.3 is 15.7 Å². The van der Waals surface area contributed by atoms with Crippen LogP contribution in [0, 0.1) is 23.7 Å². The molecule has 0 radical (unpaired) electrons. The number of nitrogens with zero attached hydrogens (tertiary/aromatic N) is 2. The number of hydrogen-bond acceptors (Lipinski definition) is 4. The first-order chi connectivity index (χ1) is 14.8. The number of carboxylic acids is 1. The van der Waals surface area contributed by atoms with E-state index < -0.39 is 17.8 Å². The number of amides is 2. The molecule has 3 fully saturated rings. The standard InChI is InChI=1S/C23H32N4O4/c1-4-27-11-16(20(26-27)22(29)24-13-7-5-6-8-13)25-21(28)18-14-9-10-15(17(14)12(2)3)19(18)23(30)31/h11,13-15,18-19H,4-10H2,1-3H3,(H,24,29)(H,25,28)(H,30,31)/t14-,15-,18+,19-/m0/s1. The molecule has 168 valence electrons. The van der Waals surface area contributed by atoms with Crippen molar-refractivity contribution in [2.45, 2.75) is 71.9 Å². The van der Waals surface area contributed by atoms with Gasteiger partial charge in [-0.05, 0) is 58.3 Å². The van der Waals surface area contributed by atoms with Crippen molar-refractivity contribution < 1.29 is 19.5 Å². The molecule has 0 unspecified atom stereocenters. The maximum atomic E-state index is 13.3. The molecule has 8 nitrogen and oxygen atoms in total. The van der Waals surface area contributed by atoms with Crippen LogP contribution in [-0.2, 0) is 16.1 Å². The minimum absolute atomic E-state index is 0.0481. The average Bonchev–Trinajstić information content (AvgIpc) is 3.49. The molecule has 2 amide bonds. The van der Waals surface area contributed by atoms with Gasteiger partial charge in [0.15, 0.2) is 5.69 Å². The Labute approximate surface area is 182 Å². The maximum absolute atomic E-state index is 13.3. The molecule has 0 spiro atoms. The highest BCUT2D eigenvalue weighted by Gasteiger charge is 2.57. The normalized spacial score (nSPS) is 27.5. The summed E-state index contributed by atoms with van der Waals surface area (Å²) in [6, 6.07) is 0.144. The number of aliphatic carboxylic acids is 1. The summed E-state index contributed by atoms with van der Waals surface area (Å²) in [5.41, 5.74) is 2.80. The van der Waals surface area contributed by atoms with Gasteiger partial charge in [0.1, 0.15) is 0 Å². The Hall–Kier alpha value is -2.64. The highest BCUT2D eigenvalue weighted by atomic mass is 16.4. The van der Waals surface area contributed by atoms with Crippen LogP contribution in [0.2, 0.25) is 0 Å². The van der Waals surface area contributed by atoms with E-state index in [1.54, 1.807) is 10.9 Å². The molecule has 3 saturated carbocycles. The van der Waals surface area contributed by atoms with Gasteiger partial charge in [0.05, 0.1) is 17.5 Å². The molecule has 1 heterocycles. The van der Waals surface area contributed by atoms with Gasteiger partial charge in [-0.2, -0.15) is 5.10 Å². The molecule has 0 aromatic carbocycles. The van der Waals surface area contributed by atoms with Gasteiger partial charge in [-0.25, -0.2) is 0 Å². The van der Waals surface area contributed by atoms with Crippen LogP contribution in [0.25, 0.3) is 0 Å². The Morgan fingerprint density at radius 1 is 1.10 bits per heavy atom. The van der Waals surface area contributed by atoms with Crippen molar-refractivity contribution >= 4 is 23.5 Å². The summed E-state index contributed by atoms with van der Waals surface area (Å²) in [5.74, 6) is -3.02. The van der Waals surface area contributed by atoms with Gasteiger partial charge in [0, 0.05) is 18.8 Å². The molecule has 31 heavy (non-hydrogen) atoms. The number of rotatable bonds is 6. The van der Waals surface area contributed by atoms with Crippen molar-refractivity contribution in [3.63, 3.8) is 0 Å². The molecule has 0 saturated heterocycles. The van der Waals surface area contributed by atoms with Gasteiger partial charge in [0.2, 0.25) is 5.91 Å². The number of aromatic nitrogens is 2. The lowest BCUT2D eigenvalue weighted by Gasteiger charge is -2.26. The van der Waals surface area contributed by atoms with E-state index in [0.29, 0.717) is 12.2 Å². The van der Waals surface area contributed by atoms with Crippen molar-refractivity contribution in [2.75, 3.05) is 5.32 Å². The Bertz CT molecular complexity index is 924. The predicted molar refractivity (Wildman–Crippen MR) is 115 cm³/mol. The topological polar surface area (TPSA) is 113 Å². The Balaban J connectivity index is 1.58. The average molecular weight is 429 g/mol. The fourth-order valence-corrected chi connectivity index (χ4v) is 5.99. The predicted octanol–water partition coefficient (Wildman–Crippen LogP) is 3.21. The van der Waals surface area contributed by atoms with E-state index in [9.17, 15) is 19.5 Å². The summed E-state index contributed by atoms with van der Waals surface area (Å²) in [5, 5.41) is 20.1. The highest BCUT2D eigenvalue weighted by molar-refractivity contribution is 6.04. The minimum atomic E-state index is -0.922. The Morgan fingerprint density at radius 2 is 1.74 bits per heavy atom. The van der Waals surface area contributed by atoms with Gasteiger partial charge >= 0.3 is 5.97 Å². The SMILES string of the molecule is CCn1cc(NC(=O)[C@H]2[C@@H](C(=O)O)[C@H]3CC[C@H]2C3=C(C)C)c(C(=O)NC2CCCC2)n1. The molecular weight excluding hydrogens is 396 g/mol. The second kappa shape index (κ2) is 8.48. The van der Waals surface area contributed by atoms with Crippen LogP contribution >= 0.6 is 0 Å². The van der Waals surface area contributed by atoms with Crippen molar-refractivity contribution in [3.05, 3.63) is 23.0 Å². The van der Waals surface area contributed by atoms with E-state index in [1.165, 1.54) is 0 Å². The zero-order chi connectivity index (χ0) is 22.3. The van der Waals surface area contributed by atoms with Crippen LogP contribution in [0.1, 0.15) is 69.8 Å². The number of carboxylic acid groups (broad SMARTS) is 1. The molecule has 2 bridgehead atoms. The summed E-state index contributed by atoms with van der Waals surface area (Å²) < 4.78 is 1.62. The molecule has 3 N–H and O–H groups in total. The zero-order valence-corrected chi connectivity index (χ0v) is 18.5. The van der Waals surface area contributed by atoms with E-state index >= 15 is 0 Å². The smallest absolute Gasteiger partial charge is 0.307 e. The van der Waals surface area contributed by atoms with Crippen LogP contribution in [0.5, 0.6) is 0 Å². The van der Waals surface area contributed by atoms with Crippen molar-refractivity contribution in [3.8, 4) is 0 Å². The number of aryl methyl sites for hydroxylation is 1. The minimum Gasteiger partial charge on any atom is -0.481 e. The van der Waals surface area contributed by atoms with Gasteiger partial charge in [-0.1, -0.05) is 24.0 Å². The second-order valence-electron chi connectivity index (χ2n) is 9.33. The number of hydrogen-bond donors (Lipinski definition) is 3. The molecule has 1 aromatic heterocycles. The third-order valence-electron chi connectivity index (χ3n) is 7.26. The largest absolute Gasteiger partial charge is 0.481 e. The van der Waals surface area contributed by atoms with Gasteiger partial charge in [-0.15, -0.1) is 0 Å². The molecule has 4 rings (SSSR count). The number of fused-ring (bicyclic) bond motifs is 2. The lowest BCUT2D eigenvalue weighted by atomic mass is 9.78. The van der Waals surface area contributed by atoms with Crippen molar-refractivity contribution in [1.29, 1.82) is 0 Å². The molecule has 3 aliphatic carbocycles. The van der Waals surface area contributed by atoms with E-state index in [4.69, 9.17) is 0 Å². The summed E-state index contributed by atoms with van der Waals surface area (Å²) >= 11 is 0. The third kappa shape index (κ3) is 3.88. The Kier molecular flexibility index (Phi) is 5.90. The molecule has 3 aliphatic rings. The van der Waals surface area contributed by atoms with Gasteiger partial charge in [-0.3, -0.25) is 19.1 Å². The number of carbonyl (C=O) groups excluding carboxylic acids is 2. The van der Waals surface area contributed by atoms with E-state index in [0.717, 1.165) is 49.7 Å². The quantitative estimate of drug-likeness (QED) is 0.602. The molecule has 8 heteroatoms. The van der Waals surface area contributed by atoms with Crippen LogP contribution in [0.15, 0.2) is 17.3 Å². The number of anilines is 1. The zero-order valence-electron chi connectivity index (χ0n) is 18.5. The van der Waals surface area contributed by atoms with Crippen LogP contribution in [0.3, 0.4) is 0 Å². The van der Waals surface area contributed by atoms with E-state index in [-0.39, 0.29) is 35.4 Å². The second-order valence-corrected chi connectivity index (χ2v) is 9.33. The van der Waals surface area contributed by atoms with Crippen molar-refractivity contribution in [1.82, 2.24) is 15.1 Å². The van der Waals surface area contributed by atoms with Crippen LogP contribution in [-0.4, -0.2) is 38.7 Å². The summed E-state index contributed by atoms with van der Waals surface area (Å²) in [4.78, 5) is 38.3. The maximum Gasteiger partial charge on any atom is 0.307 e. The molecule has 4 atom stereocenters. The number of nitrogens with one attached hydrogen (secondary N) is 2. The Morgan fingerprint density at radius 3 is 2.32 bits per heavy atom. The molecule has 0 aliphatic heterocycles. The van der Waals surface area contributed by atoms with Gasteiger partial charge in [0.25, 0.3) is 5.91 Å². The molecule has 1 aromatic rings. The first-order valence-electron chi connectivity index (χ1n) is 11.4. The fourth-order valence-electron chi connectivity index (χ4n) is 5.99. The number of carbonyl (C=O) groups is 3. The first kappa shape index (κ1) is 21.6. The third-order valence-corrected chi connectivity index (χ3v) is 7.26. The lowest BCUT2D eigenvalue weighted by Crippen LogP contribution is -2.38. The van der Waals surface area contributed by atoms with Crippen LogP contribution < -0.4 is 10.6 Å². The first-order valence-corrected chi connectivity index (χ1v) is 11.4. The fraction of sp³-hybridized carbons (Fsp3) is 0.652. The molecular formula is C23H32N4O4. The van der Waals surface area contributed by atoms with Crippen molar-refractivity contribution in [2.24, 2.45) is 23.7 Å². The van der Waals surface area contributed by atoms with E-state index in [2.05, 4.69) is 15.7 Å². The summed E-state index contributed by atoms with van der Waals surface area (Å²) in [6.07, 6.45) is 7.42. The summed E-state index contributed by atoms with van der Waals surface area (Å²) in [7, 11) is 0.